The second-order valence-electron chi connectivity index (χ2n) is 3.60. The summed E-state index contributed by atoms with van der Waals surface area (Å²) >= 11 is 3.70. The van der Waals surface area contributed by atoms with Crippen LogP contribution in [0.5, 0.6) is 0 Å². The molecule has 0 heterocycles. The van der Waals surface area contributed by atoms with Crippen molar-refractivity contribution in [1.82, 2.24) is 0 Å². The summed E-state index contributed by atoms with van der Waals surface area (Å²) in [6.45, 7) is 4.35. The fraction of sp³-hybridized carbons (Fsp3) is 0.833. The van der Waals surface area contributed by atoms with Crippen LogP contribution < -0.4 is 0 Å². The van der Waals surface area contributed by atoms with Crippen LogP contribution in [0.3, 0.4) is 0 Å². The summed E-state index contributed by atoms with van der Waals surface area (Å²) in [6, 6.07) is 0. The molecule has 13 heavy (non-hydrogen) atoms. The zero-order valence-electron chi connectivity index (χ0n) is 9.06. The molecule has 0 bridgehead atoms. The van der Waals surface area contributed by atoms with Gasteiger partial charge in [0.1, 0.15) is 0 Å². The van der Waals surface area contributed by atoms with E-state index in [-0.39, 0.29) is 0 Å². The normalized spacial score (nSPS) is 13.2. The Bertz CT molecular complexity index is 91.1. The van der Waals surface area contributed by atoms with Crippen molar-refractivity contribution in [3.05, 3.63) is 12.8 Å². The topological polar surface area (TPSA) is 0 Å². The predicted molar refractivity (Wildman–Crippen MR) is 65.0 cm³/mol. The van der Waals surface area contributed by atoms with Crippen LogP contribution in [0, 0.1) is 12.8 Å². The summed E-state index contributed by atoms with van der Waals surface area (Å²) in [4.78, 5) is 0.699. The Morgan fingerprint density at radius 1 is 1.15 bits per heavy atom. The van der Waals surface area contributed by atoms with E-state index in [2.05, 4.69) is 42.6 Å². The molecule has 0 N–H and O–H groups in total. The summed E-state index contributed by atoms with van der Waals surface area (Å²) in [5.74, 6) is 0. The highest BCUT2D eigenvalue weighted by Gasteiger charge is 2.02. The van der Waals surface area contributed by atoms with Crippen LogP contribution in [-0.2, 0) is 0 Å². The van der Waals surface area contributed by atoms with Gasteiger partial charge in [-0.15, -0.1) is 0 Å². The molecule has 1 unspecified atom stereocenters. The molecule has 0 rings (SSSR count). The van der Waals surface area contributed by atoms with E-state index in [1.165, 1.54) is 44.9 Å². The zero-order chi connectivity index (χ0) is 9.94. The fourth-order valence-electron chi connectivity index (χ4n) is 1.37. The molecule has 78 valence electrons. The van der Waals surface area contributed by atoms with E-state index < -0.39 is 0 Å². The number of rotatable bonds is 9. The molecule has 0 aliphatic rings. The van der Waals surface area contributed by atoms with Gasteiger partial charge in [-0.05, 0) is 25.7 Å². The summed E-state index contributed by atoms with van der Waals surface area (Å²) in [6.07, 6.45) is 13.8. The molecular weight excluding hydrogens is 224 g/mol. The maximum Gasteiger partial charge on any atom is 0.0148 e. The molecule has 2 radical (unpaired) electrons. The Balaban J connectivity index is 3.03. The van der Waals surface area contributed by atoms with Gasteiger partial charge in [0.05, 0.1) is 0 Å². The molecule has 0 spiro atoms. The largest absolute Gasteiger partial charge is 0.0891 e. The highest BCUT2D eigenvalue weighted by molar-refractivity contribution is 9.09. The Morgan fingerprint density at radius 3 is 2.46 bits per heavy atom. The van der Waals surface area contributed by atoms with Crippen LogP contribution in [0.2, 0.25) is 0 Å². The van der Waals surface area contributed by atoms with Crippen molar-refractivity contribution in [3.63, 3.8) is 0 Å². The number of hydrogen-bond acceptors (Lipinski definition) is 0. The minimum absolute atomic E-state index is 0.699. The van der Waals surface area contributed by atoms with Crippen molar-refractivity contribution in [3.8, 4) is 0 Å². The molecular formula is C12H23Br. The van der Waals surface area contributed by atoms with Gasteiger partial charge in [-0.2, -0.15) is 0 Å². The van der Waals surface area contributed by atoms with Gasteiger partial charge in [0.25, 0.3) is 0 Å². The third kappa shape index (κ3) is 10.4. The van der Waals surface area contributed by atoms with Crippen molar-refractivity contribution >= 4 is 15.9 Å². The van der Waals surface area contributed by atoms with E-state index >= 15 is 0 Å². The van der Waals surface area contributed by atoms with Crippen LogP contribution >= 0.6 is 15.9 Å². The number of halogens is 1. The average molecular weight is 247 g/mol. The lowest BCUT2D eigenvalue weighted by molar-refractivity contribution is 0.597. The first-order valence-electron chi connectivity index (χ1n) is 5.56. The van der Waals surface area contributed by atoms with Gasteiger partial charge in [0.15, 0.2) is 0 Å². The quantitative estimate of drug-likeness (QED) is 0.400. The lowest BCUT2D eigenvalue weighted by atomic mass is 10.1. The van der Waals surface area contributed by atoms with Gasteiger partial charge in [-0.1, -0.05) is 61.9 Å². The lowest BCUT2D eigenvalue weighted by Crippen LogP contribution is -1.97. The third-order valence-electron chi connectivity index (χ3n) is 2.25. The van der Waals surface area contributed by atoms with Crippen molar-refractivity contribution < 1.29 is 0 Å². The van der Waals surface area contributed by atoms with Crippen LogP contribution in [0.25, 0.3) is 0 Å². The molecule has 0 saturated carbocycles. The predicted octanol–water partition coefficient (Wildman–Crippen LogP) is 4.93. The molecule has 1 heteroatoms. The maximum absolute atomic E-state index is 3.70. The Hall–Kier alpha value is 0.480. The minimum Gasteiger partial charge on any atom is -0.0891 e. The molecule has 0 saturated heterocycles. The van der Waals surface area contributed by atoms with Crippen molar-refractivity contribution in [2.24, 2.45) is 0 Å². The van der Waals surface area contributed by atoms with E-state index in [9.17, 15) is 0 Å². The molecule has 0 aromatic rings. The lowest BCUT2D eigenvalue weighted by Gasteiger charge is -2.07. The average Bonchev–Trinajstić information content (AvgIpc) is 2.14. The molecule has 0 nitrogen and oxygen atoms in total. The number of hydrogen-bond donors (Lipinski definition) is 0. The van der Waals surface area contributed by atoms with Gasteiger partial charge in [-0.25, -0.2) is 0 Å². The Labute approximate surface area is 92.6 Å². The van der Waals surface area contributed by atoms with Gasteiger partial charge in [0.2, 0.25) is 0 Å². The molecule has 0 aromatic carbocycles. The number of unbranched alkanes of at least 4 members (excludes halogenated alkanes) is 5. The minimum atomic E-state index is 0.699. The number of alkyl halides is 1. The summed E-state index contributed by atoms with van der Waals surface area (Å²) < 4.78 is 0. The highest BCUT2D eigenvalue weighted by atomic mass is 79.9. The second kappa shape index (κ2) is 10.6. The van der Waals surface area contributed by atoms with Crippen LogP contribution in [0.1, 0.15) is 58.8 Å². The van der Waals surface area contributed by atoms with E-state index in [0.717, 1.165) is 0 Å². The second-order valence-corrected chi connectivity index (χ2v) is 4.90. The van der Waals surface area contributed by atoms with Crippen LogP contribution in [0.4, 0.5) is 0 Å². The van der Waals surface area contributed by atoms with Crippen LogP contribution in [-0.4, -0.2) is 4.83 Å². The zero-order valence-corrected chi connectivity index (χ0v) is 10.6. The van der Waals surface area contributed by atoms with E-state index in [1.54, 1.807) is 0 Å². The van der Waals surface area contributed by atoms with Gasteiger partial charge in [0, 0.05) is 4.83 Å². The smallest absolute Gasteiger partial charge is 0.0148 e. The van der Waals surface area contributed by atoms with Crippen molar-refractivity contribution in [2.75, 3.05) is 0 Å². The van der Waals surface area contributed by atoms with E-state index in [0.29, 0.717) is 4.83 Å². The first kappa shape index (κ1) is 13.5. The Morgan fingerprint density at radius 2 is 1.85 bits per heavy atom. The first-order chi connectivity index (χ1) is 6.31. The van der Waals surface area contributed by atoms with Gasteiger partial charge in [-0.3, -0.25) is 0 Å². The Kier molecular flexibility index (Phi) is 11.0. The van der Waals surface area contributed by atoms with Crippen molar-refractivity contribution in [1.29, 1.82) is 0 Å². The molecule has 0 aromatic heterocycles. The molecule has 0 aliphatic carbocycles. The highest BCUT2D eigenvalue weighted by Crippen LogP contribution is 2.17. The SMILES string of the molecule is C[CH][CH]CC(Br)CCCCCCC. The van der Waals surface area contributed by atoms with Crippen LogP contribution in [0.15, 0.2) is 0 Å². The van der Waals surface area contributed by atoms with Gasteiger partial charge >= 0.3 is 0 Å². The third-order valence-corrected chi connectivity index (χ3v) is 3.08. The standard InChI is InChI=1S/C12H23Br/c1-3-5-7-8-9-11-12(13)10-6-4-2/h4,6,12H,3,5,7-11H2,1-2H3. The maximum atomic E-state index is 3.70. The first-order valence-corrected chi connectivity index (χ1v) is 6.48. The molecule has 1 atom stereocenters. The van der Waals surface area contributed by atoms with Gasteiger partial charge < -0.3 is 0 Å². The molecule has 0 aliphatic heterocycles. The van der Waals surface area contributed by atoms with Crippen molar-refractivity contribution in [2.45, 2.75) is 63.6 Å². The summed E-state index contributed by atoms with van der Waals surface area (Å²) in [7, 11) is 0. The summed E-state index contributed by atoms with van der Waals surface area (Å²) in [5.41, 5.74) is 0. The monoisotopic (exact) mass is 246 g/mol. The fourth-order valence-corrected chi connectivity index (χ4v) is 1.91. The summed E-state index contributed by atoms with van der Waals surface area (Å²) in [5, 5.41) is 0. The molecule has 0 fully saturated rings. The molecule has 0 amide bonds. The van der Waals surface area contributed by atoms with E-state index in [4.69, 9.17) is 0 Å². The van der Waals surface area contributed by atoms with E-state index in [1.807, 2.05) is 0 Å².